The van der Waals surface area contributed by atoms with Crippen LogP contribution in [0.1, 0.15) is 31.2 Å². The Kier molecular flexibility index (Phi) is 3.85. The molecule has 2 aliphatic rings. The lowest BCUT2D eigenvalue weighted by molar-refractivity contribution is -0.385. The molecule has 2 saturated carbocycles. The molecule has 0 amide bonds. The van der Waals surface area contributed by atoms with Gasteiger partial charge in [0.15, 0.2) is 0 Å². The highest BCUT2D eigenvalue weighted by molar-refractivity contribution is 5.55. The fraction of sp³-hybridized carbons (Fsp3) is 0.625. The smallest absolute Gasteiger partial charge is 0.275 e. The first kappa shape index (κ1) is 14.3. The van der Waals surface area contributed by atoms with Crippen LogP contribution in [0.15, 0.2) is 18.2 Å². The number of nitrogens with zero attached hydrogens (tertiary/aromatic N) is 2. The van der Waals surface area contributed by atoms with E-state index >= 15 is 0 Å². The van der Waals surface area contributed by atoms with Crippen molar-refractivity contribution in [3.63, 3.8) is 0 Å². The second-order valence-corrected chi connectivity index (χ2v) is 6.54. The first-order chi connectivity index (χ1) is 10.1. The summed E-state index contributed by atoms with van der Waals surface area (Å²) in [5, 5.41) is 20.2. The number of benzene rings is 1. The first-order valence-corrected chi connectivity index (χ1v) is 7.67. The highest BCUT2D eigenvalue weighted by atomic mass is 16.6. The molecule has 0 aromatic heterocycles. The van der Waals surface area contributed by atoms with Crippen LogP contribution in [-0.2, 0) is 6.61 Å². The molecular formula is C16H22N2O3. The van der Waals surface area contributed by atoms with Crippen molar-refractivity contribution < 1.29 is 10.0 Å². The minimum atomic E-state index is -0.439. The van der Waals surface area contributed by atoms with Gasteiger partial charge >= 0.3 is 0 Å². The van der Waals surface area contributed by atoms with Crippen molar-refractivity contribution >= 4 is 11.4 Å². The van der Waals surface area contributed by atoms with E-state index in [1.807, 2.05) is 7.05 Å². The van der Waals surface area contributed by atoms with E-state index in [0.717, 1.165) is 30.0 Å². The van der Waals surface area contributed by atoms with Gasteiger partial charge in [0.2, 0.25) is 0 Å². The van der Waals surface area contributed by atoms with Gasteiger partial charge < -0.3 is 10.0 Å². The summed E-state index contributed by atoms with van der Waals surface area (Å²) in [5.74, 6) is 2.55. The molecule has 0 saturated heterocycles. The number of anilines is 1. The zero-order chi connectivity index (χ0) is 15.0. The largest absolute Gasteiger partial charge is 0.391 e. The monoisotopic (exact) mass is 290 g/mol. The molecule has 1 aromatic rings. The van der Waals surface area contributed by atoms with Gasteiger partial charge in [0.05, 0.1) is 17.1 Å². The molecule has 21 heavy (non-hydrogen) atoms. The minimum Gasteiger partial charge on any atom is -0.391 e. The molecule has 3 unspecified atom stereocenters. The van der Waals surface area contributed by atoms with Gasteiger partial charge in [-0.1, -0.05) is 6.42 Å². The molecule has 2 aliphatic carbocycles. The zero-order valence-electron chi connectivity index (χ0n) is 12.4. The van der Waals surface area contributed by atoms with Gasteiger partial charge in [-0.15, -0.1) is 0 Å². The molecule has 2 bridgehead atoms. The summed E-state index contributed by atoms with van der Waals surface area (Å²) in [7, 11) is 2.04. The van der Waals surface area contributed by atoms with Crippen LogP contribution >= 0.6 is 0 Å². The summed E-state index contributed by atoms with van der Waals surface area (Å²) in [6, 6.07) is 5.02. The molecule has 0 radical (unpaired) electrons. The molecule has 2 fully saturated rings. The summed E-state index contributed by atoms with van der Waals surface area (Å²) in [6.07, 6.45) is 5.48. The van der Waals surface area contributed by atoms with E-state index in [1.165, 1.54) is 31.7 Å². The molecule has 5 heteroatoms. The standard InChI is InChI=1S/C16H22N2O3/c1-17(9-13-7-11-2-3-12(13)6-11)15-4-5-16(18(20)21)14(8-15)10-19/h4-5,8,11-13,19H,2-3,6-7,9-10H2,1H3. The average Bonchev–Trinajstić information content (AvgIpc) is 3.08. The normalized spacial score (nSPS) is 27.0. The van der Waals surface area contributed by atoms with Crippen molar-refractivity contribution in [3.05, 3.63) is 33.9 Å². The van der Waals surface area contributed by atoms with Gasteiger partial charge in [0.1, 0.15) is 0 Å². The molecule has 0 heterocycles. The number of hydrogen-bond donors (Lipinski definition) is 1. The van der Waals surface area contributed by atoms with Gasteiger partial charge in [-0.05, 0) is 49.1 Å². The van der Waals surface area contributed by atoms with Crippen LogP contribution in [0.2, 0.25) is 0 Å². The third-order valence-electron chi connectivity index (χ3n) is 5.26. The molecular weight excluding hydrogens is 268 g/mol. The van der Waals surface area contributed by atoms with E-state index < -0.39 is 4.92 Å². The fourth-order valence-corrected chi connectivity index (χ4v) is 4.17. The van der Waals surface area contributed by atoms with Crippen molar-refractivity contribution in [2.45, 2.75) is 32.3 Å². The van der Waals surface area contributed by atoms with E-state index in [9.17, 15) is 15.2 Å². The number of aliphatic hydroxyl groups is 1. The summed E-state index contributed by atoms with van der Waals surface area (Å²) in [4.78, 5) is 12.6. The molecule has 114 valence electrons. The SMILES string of the molecule is CN(CC1CC2CCC1C2)c1ccc([N+](=O)[O-])c(CO)c1. The maximum absolute atomic E-state index is 10.9. The zero-order valence-corrected chi connectivity index (χ0v) is 12.4. The van der Waals surface area contributed by atoms with Crippen molar-refractivity contribution in [2.75, 3.05) is 18.5 Å². The lowest BCUT2D eigenvalue weighted by Gasteiger charge is -2.28. The molecule has 0 spiro atoms. The van der Waals surface area contributed by atoms with Gasteiger partial charge in [-0.2, -0.15) is 0 Å². The van der Waals surface area contributed by atoms with Crippen molar-refractivity contribution in [2.24, 2.45) is 17.8 Å². The number of fused-ring (bicyclic) bond motifs is 2. The topological polar surface area (TPSA) is 66.6 Å². The van der Waals surface area contributed by atoms with Crippen LogP contribution in [0.5, 0.6) is 0 Å². The Balaban J connectivity index is 1.72. The van der Waals surface area contributed by atoms with Crippen LogP contribution in [0, 0.1) is 27.9 Å². The van der Waals surface area contributed by atoms with E-state index in [0.29, 0.717) is 5.56 Å². The van der Waals surface area contributed by atoms with E-state index in [-0.39, 0.29) is 12.3 Å². The molecule has 0 aliphatic heterocycles. The summed E-state index contributed by atoms with van der Waals surface area (Å²) < 4.78 is 0. The lowest BCUT2D eigenvalue weighted by Crippen LogP contribution is -2.28. The molecule has 3 atom stereocenters. The summed E-state index contributed by atoms with van der Waals surface area (Å²) >= 11 is 0. The Labute approximate surface area is 124 Å². The van der Waals surface area contributed by atoms with Crippen LogP contribution in [0.3, 0.4) is 0 Å². The number of aliphatic hydroxyl groups excluding tert-OH is 1. The van der Waals surface area contributed by atoms with Crippen LogP contribution in [0.4, 0.5) is 11.4 Å². The van der Waals surface area contributed by atoms with Crippen molar-refractivity contribution in [3.8, 4) is 0 Å². The first-order valence-electron chi connectivity index (χ1n) is 7.67. The minimum absolute atomic E-state index is 0.00502. The number of nitro groups is 1. The Hall–Kier alpha value is -1.62. The van der Waals surface area contributed by atoms with Crippen LogP contribution < -0.4 is 4.90 Å². The highest BCUT2D eigenvalue weighted by Crippen LogP contribution is 2.48. The van der Waals surface area contributed by atoms with Gasteiger partial charge in [-0.3, -0.25) is 10.1 Å². The summed E-state index contributed by atoms with van der Waals surface area (Å²) in [6.45, 7) is 0.704. The van der Waals surface area contributed by atoms with E-state index in [4.69, 9.17) is 0 Å². The van der Waals surface area contributed by atoms with Crippen LogP contribution in [-0.4, -0.2) is 23.6 Å². The summed E-state index contributed by atoms with van der Waals surface area (Å²) in [5.41, 5.74) is 1.33. The third kappa shape index (κ3) is 2.75. The van der Waals surface area contributed by atoms with E-state index in [2.05, 4.69) is 4.90 Å². The highest BCUT2D eigenvalue weighted by Gasteiger charge is 2.39. The Morgan fingerprint density at radius 1 is 1.38 bits per heavy atom. The van der Waals surface area contributed by atoms with Crippen molar-refractivity contribution in [1.82, 2.24) is 0 Å². The Bertz CT molecular complexity index is 546. The van der Waals surface area contributed by atoms with Crippen molar-refractivity contribution in [1.29, 1.82) is 0 Å². The lowest BCUT2D eigenvalue weighted by atomic mass is 9.88. The van der Waals surface area contributed by atoms with E-state index in [1.54, 1.807) is 12.1 Å². The Morgan fingerprint density at radius 2 is 2.19 bits per heavy atom. The maximum Gasteiger partial charge on any atom is 0.275 e. The average molecular weight is 290 g/mol. The maximum atomic E-state index is 10.9. The second kappa shape index (κ2) is 5.64. The third-order valence-corrected chi connectivity index (χ3v) is 5.26. The predicted molar refractivity (Wildman–Crippen MR) is 81.2 cm³/mol. The van der Waals surface area contributed by atoms with Gasteiger partial charge in [0.25, 0.3) is 5.69 Å². The fourth-order valence-electron chi connectivity index (χ4n) is 4.17. The number of nitro benzene ring substituents is 1. The second-order valence-electron chi connectivity index (χ2n) is 6.54. The predicted octanol–water partition coefficient (Wildman–Crippen LogP) is 2.96. The number of rotatable bonds is 5. The Morgan fingerprint density at radius 3 is 2.76 bits per heavy atom. The molecule has 5 nitrogen and oxygen atoms in total. The molecule has 1 N–H and O–H groups in total. The van der Waals surface area contributed by atoms with Gasteiger partial charge in [0, 0.05) is 25.3 Å². The van der Waals surface area contributed by atoms with Crippen LogP contribution in [0.25, 0.3) is 0 Å². The molecule has 3 rings (SSSR count). The van der Waals surface area contributed by atoms with Gasteiger partial charge in [-0.25, -0.2) is 0 Å². The quantitative estimate of drug-likeness (QED) is 0.669. The number of hydrogen-bond acceptors (Lipinski definition) is 4. The molecule has 1 aromatic carbocycles.